The predicted octanol–water partition coefficient (Wildman–Crippen LogP) is 5.86. The van der Waals surface area contributed by atoms with Gasteiger partial charge in [-0.05, 0) is 32.0 Å². The van der Waals surface area contributed by atoms with Crippen LogP contribution >= 0.6 is 0 Å². The summed E-state index contributed by atoms with van der Waals surface area (Å²) in [6, 6.07) is 26.5. The van der Waals surface area contributed by atoms with Crippen LogP contribution in [0.25, 0.3) is 10.9 Å². The summed E-state index contributed by atoms with van der Waals surface area (Å²) in [5.74, 6) is 0.0913. The minimum absolute atomic E-state index is 0.0913. The van der Waals surface area contributed by atoms with E-state index in [0.29, 0.717) is 0 Å². The molecule has 0 amide bonds. The SMILES string of the molecule is CC(=O)c1c(C)n(C)c2cc(N=C(c3ccccc3)c3ccccc3)ccc12. The van der Waals surface area contributed by atoms with Gasteiger partial charge in [-0.1, -0.05) is 60.7 Å². The summed E-state index contributed by atoms with van der Waals surface area (Å²) >= 11 is 0. The number of rotatable bonds is 4. The highest BCUT2D eigenvalue weighted by Gasteiger charge is 2.16. The Morgan fingerprint density at radius 3 is 1.96 bits per heavy atom. The van der Waals surface area contributed by atoms with E-state index in [0.717, 1.165) is 44.7 Å². The summed E-state index contributed by atoms with van der Waals surface area (Å²) in [6.07, 6.45) is 0. The maximum Gasteiger partial charge on any atom is 0.162 e. The molecule has 3 heteroatoms. The minimum atomic E-state index is 0.0913. The van der Waals surface area contributed by atoms with Gasteiger partial charge in [-0.15, -0.1) is 0 Å². The molecule has 0 atom stereocenters. The Balaban J connectivity index is 1.91. The fraction of sp³-hybridized carbons (Fsp3) is 0.120. The number of fused-ring (bicyclic) bond motifs is 1. The third-order valence-corrected chi connectivity index (χ3v) is 5.16. The minimum Gasteiger partial charge on any atom is -0.347 e. The monoisotopic (exact) mass is 366 g/mol. The van der Waals surface area contributed by atoms with Gasteiger partial charge in [0.25, 0.3) is 0 Å². The number of aliphatic imine (C=N–C) groups is 1. The zero-order valence-corrected chi connectivity index (χ0v) is 16.3. The molecule has 0 fully saturated rings. The fourth-order valence-electron chi connectivity index (χ4n) is 3.68. The summed E-state index contributed by atoms with van der Waals surface area (Å²) in [5.41, 5.74) is 6.73. The number of aromatic nitrogens is 1. The lowest BCUT2D eigenvalue weighted by Crippen LogP contribution is -2.02. The molecule has 0 aliphatic rings. The van der Waals surface area contributed by atoms with E-state index in [-0.39, 0.29) is 5.78 Å². The Morgan fingerprint density at radius 1 is 0.857 bits per heavy atom. The molecule has 4 rings (SSSR count). The number of benzene rings is 3. The summed E-state index contributed by atoms with van der Waals surface area (Å²) in [6.45, 7) is 3.61. The van der Waals surface area contributed by atoms with E-state index < -0.39 is 0 Å². The molecule has 1 aromatic heterocycles. The highest BCUT2D eigenvalue weighted by atomic mass is 16.1. The zero-order chi connectivity index (χ0) is 19.7. The van der Waals surface area contributed by atoms with E-state index in [1.54, 1.807) is 6.92 Å². The number of carbonyl (C=O) groups excluding carboxylic acids is 1. The van der Waals surface area contributed by atoms with E-state index in [2.05, 4.69) is 34.9 Å². The van der Waals surface area contributed by atoms with Gasteiger partial charge in [0.05, 0.1) is 16.9 Å². The molecule has 4 aromatic rings. The lowest BCUT2D eigenvalue weighted by Gasteiger charge is -2.08. The summed E-state index contributed by atoms with van der Waals surface area (Å²) in [5, 5.41) is 0.979. The molecule has 0 radical (unpaired) electrons. The molecule has 0 bridgehead atoms. The number of aryl methyl sites for hydroxylation is 1. The Morgan fingerprint density at radius 2 is 1.43 bits per heavy atom. The molecule has 3 aromatic carbocycles. The van der Waals surface area contributed by atoms with Crippen molar-refractivity contribution in [1.29, 1.82) is 0 Å². The normalized spacial score (nSPS) is 10.8. The summed E-state index contributed by atoms with van der Waals surface area (Å²) in [4.78, 5) is 17.1. The molecular weight excluding hydrogens is 344 g/mol. The van der Waals surface area contributed by atoms with Crippen LogP contribution in [0.15, 0.2) is 83.9 Å². The summed E-state index contributed by atoms with van der Waals surface area (Å²) in [7, 11) is 1.99. The van der Waals surface area contributed by atoms with Crippen molar-refractivity contribution >= 4 is 28.1 Å². The van der Waals surface area contributed by atoms with Crippen molar-refractivity contribution in [3.05, 3.63) is 101 Å². The molecule has 0 unspecified atom stereocenters. The van der Waals surface area contributed by atoms with Crippen molar-refractivity contribution in [3.8, 4) is 0 Å². The number of carbonyl (C=O) groups is 1. The molecule has 0 aliphatic carbocycles. The van der Waals surface area contributed by atoms with Gasteiger partial charge in [0.2, 0.25) is 0 Å². The predicted molar refractivity (Wildman–Crippen MR) is 116 cm³/mol. The van der Waals surface area contributed by atoms with Gasteiger partial charge in [-0.3, -0.25) is 4.79 Å². The lowest BCUT2D eigenvalue weighted by atomic mass is 10.0. The van der Waals surface area contributed by atoms with Crippen LogP contribution in [0.3, 0.4) is 0 Å². The number of ketones is 1. The maximum atomic E-state index is 12.1. The Labute approximate surface area is 165 Å². The van der Waals surface area contributed by atoms with Crippen molar-refractivity contribution in [2.75, 3.05) is 0 Å². The van der Waals surface area contributed by atoms with Crippen LogP contribution in [-0.2, 0) is 7.05 Å². The number of Topliss-reactive ketones (excluding diaryl/α,β-unsaturated/α-hetero) is 1. The highest BCUT2D eigenvalue weighted by Crippen LogP contribution is 2.29. The van der Waals surface area contributed by atoms with E-state index in [4.69, 9.17) is 4.99 Å². The second-order valence-corrected chi connectivity index (χ2v) is 6.97. The Kier molecular flexibility index (Phi) is 4.66. The van der Waals surface area contributed by atoms with Gasteiger partial charge >= 0.3 is 0 Å². The van der Waals surface area contributed by atoms with Crippen molar-refractivity contribution in [2.24, 2.45) is 12.0 Å². The van der Waals surface area contributed by atoms with Gasteiger partial charge in [0.1, 0.15) is 0 Å². The number of hydrogen-bond donors (Lipinski definition) is 0. The largest absolute Gasteiger partial charge is 0.347 e. The Hall–Kier alpha value is -3.46. The number of hydrogen-bond acceptors (Lipinski definition) is 2. The second kappa shape index (κ2) is 7.28. The van der Waals surface area contributed by atoms with Crippen molar-refractivity contribution < 1.29 is 4.79 Å². The Bertz CT molecular complexity index is 1140. The first-order valence-electron chi connectivity index (χ1n) is 9.36. The van der Waals surface area contributed by atoms with Crippen LogP contribution < -0.4 is 0 Å². The molecule has 0 saturated carbocycles. The third kappa shape index (κ3) is 3.16. The average Bonchev–Trinajstić information content (AvgIpc) is 2.98. The van der Waals surface area contributed by atoms with Gasteiger partial charge in [0, 0.05) is 34.8 Å². The van der Waals surface area contributed by atoms with Gasteiger partial charge in [0.15, 0.2) is 5.78 Å². The molecule has 0 N–H and O–H groups in total. The standard InChI is InChI=1S/C25H22N2O/c1-17-24(18(2)28)22-15-14-21(16-23(22)27(17)3)26-25(19-10-6-4-7-11-19)20-12-8-5-9-13-20/h4-16H,1-3H3. The topological polar surface area (TPSA) is 34.4 Å². The lowest BCUT2D eigenvalue weighted by molar-refractivity contribution is 0.101. The third-order valence-electron chi connectivity index (χ3n) is 5.16. The smallest absolute Gasteiger partial charge is 0.162 e. The molecule has 0 aliphatic heterocycles. The van der Waals surface area contributed by atoms with E-state index in [1.165, 1.54) is 0 Å². The van der Waals surface area contributed by atoms with Gasteiger partial charge < -0.3 is 4.57 Å². The first-order valence-corrected chi connectivity index (χ1v) is 9.36. The summed E-state index contributed by atoms with van der Waals surface area (Å²) < 4.78 is 2.07. The first kappa shape index (κ1) is 17.9. The van der Waals surface area contributed by atoms with Crippen LogP contribution in [0.2, 0.25) is 0 Å². The van der Waals surface area contributed by atoms with E-state index >= 15 is 0 Å². The molecule has 0 spiro atoms. The van der Waals surface area contributed by atoms with Crippen LogP contribution in [0.1, 0.15) is 34.1 Å². The molecule has 28 heavy (non-hydrogen) atoms. The average molecular weight is 366 g/mol. The molecule has 138 valence electrons. The zero-order valence-electron chi connectivity index (χ0n) is 16.3. The van der Waals surface area contributed by atoms with Crippen LogP contribution in [-0.4, -0.2) is 16.1 Å². The van der Waals surface area contributed by atoms with Gasteiger partial charge in [-0.25, -0.2) is 4.99 Å². The van der Waals surface area contributed by atoms with Crippen molar-refractivity contribution in [3.63, 3.8) is 0 Å². The molecule has 0 saturated heterocycles. The first-order chi connectivity index (χ1) is 13.6. The van der Waals surface area contributed by atoms with E-state index in [1.807, 2.05) is 62.5 Å². The number of nitrogens with zero attached hydrogens (tertiary/aromatic N) is 2. The maximum absolute atomic E-state index is 12.1. The quantitative estimate of drug-likeness (QED) is 0.329. The van der Waals surface area contributed by atoms with E-state index in [9.17, 15) is 4.79 Å². The molecule has 1 heterocycles. The highest BCUT2D eigenvalue weighted by molar-refractivity contribution is 6.14. The van der Waals surface area contributed by atoms with Crippen molar-refractivity contribution in [1.82, 2.24) is 4.57 Å². The van der Waals surface area contributed by atoms with Gasteiger partial charge in [-0.2, -0.15) is 0 Å². The molecular formula is C25H22N2O. The van der Waals surface area contributed by atoms with Crippen LogP contribution in [0, 0.1) is 6.92 Å². The fourth-order valence-corrected chi connectivity index (χ4v) is 3.68. The van der Waals surface area contributed by atoms with Crippen LogP contribution in [0.4, 0.5) is 5.69 Å². The van der Waals surface area contributed by atoms with Crippen molar-refractivity contribution in [2.45, 2.75) is 13.8 Å². The molecule has 3 nitrogen and oxygen atoms in total. The second-order valence-electron chi connectivity index (χ2n) is 6.97. The van der Waals surface area contributed by atoms with Crippen LogP contribution in [0.5, 0.6) is 0 Å².